The number of nitrogens with one attached hydrogen (secondary N) is 1. The van der Waals surface area contributed by atoms with Gasteiger partial charge in [-0.1, -0.05) is 54.1 Å². The lowest BCUT2D eigenvalue weighted by Crippen LogP contribution is -2.32. The van der Waals surface area contributed by atoms with E-state index in [0.717, 1.165) is 5.56 Å². The second kappa shape index (κ2) is 9.16. The van der Waals surface area contributed by atoms with Crippen molar-refractivity contribution in [3.8, 4) is 11.5 Å². The van der Waals surface area contributed by atoms with E-state index in [1.807, 2.05) is 30.3 Å². The lowest BCUT2D eigenvalue weighted by Gasteiger charge is -2.17. The maximum Gasteiger partial charge on any atom is 0.278 e. The Morgan fingerprint density at radius 1 is 0.812 bits per heavy atom. The van der Waals surface area contributed by atoms with Gasteiger partial charge in [0, 0.05) is 10.6 Å². The van der Waals surface area contributed by atoms with Crippen LogP contribution in [0.3, 0.4) is 0 Å². The van der Waals surface area contributed by atoms with Crippen LogP contribution >= 0.6 is 11.6 Å². The number of carbonyl (C=O) groups excluding carboxylic acids is 2. The average Bonchev–Trinajstić information content (AvgIpc) is 3.04. The van der Waals surface area contributed by atoms with Crippen LogP contribution in [0, 0.1) is 0 Å². The van der Waals surface area contributed by atoms with Crippen LogP contribution in [-0.2, 0) is 16.1 Å². The Hall–Kier alpha value is -3.77. The van der Waals surface area contributed by atoms with E-state index in [-0.39, 0.29) is 17.8 Å². The van der Waals surface area contributed by atoms with Gasteiger partial charge in [-0.3, -0.25) is 14.5 Å². The maximum absolute atomic E-state index is 13.5. The fraction of sp³-hybridized carbons (Fsp3) is 0.120. The predicted octanol–water partition coefficient (Wildman–Crippen LogP) is 4.75. The van der Waals surface area contributed by atoms with Crippen molar-refractivity contribution >= 4 is 34.7 Å². The van der Waals surface area contributed by atoms with Crippen molar-refractivity contribution in [1.82, 2.24) is 4.90 Å². The fourth-order valence-corrected chi connectivity index (χ4v) is 3.73. The topological polar surface area (TPSA) is 67.9 Å². The Bertz CT molecular complexity index is 1200. The number of benzene rings is 3. The molecule has 1 aliphatic rings. The van der Waals surface area contributed by atoms with E-state index >= 15 is 0 Å². The molecular weight excluding hydrogens is 428 g/mol. The number of rotatable bonds is 7. The summed E-state index contributed by atoms with van der Waals surface area (Å²) in [5, 5.41) is 3.66. The van der Waals surface area contributed by atoms with Crippen LogP contribution in [0.15, 0.2) is 78.5 Å². The van der Waals surface area contributed by atoms with Crippen LogP contribution in [-0.4, -0.2) is 30.9 Å². The molecule has 0 saturated heterocycles. The second-order valence-corrected chi connectivity index (χ2v) is 7.53. The first-order valence-corrected chi connectivity index (χ1v) is 10.3. The van der Waals surface area contributed by atoms with E-state index in [9.17, 15) is 9.59 Å². The molecule has 3 aromatic rings. The minimum atomic E-state index is -0.434. The van der Waals surface area contributed by atoms with Crippen LogP contribution < -0.4 is 14.8 Å². The zero-order valence-electron chi connectivity index (χ0n) is 17.6. The van der Waals surface area contributed by atoms with Crippen molar-refractivity contribution in [2.24, 2.45) is 0 Å². The molecule has 162 valence electrons. The van der Waals surface area contributed by atoms with E-state index in [1.165, 1.54) is 4.90 Å². The molecule has 0 radical (unpaired) electrons. The molecule has 7 heteroatoms. The van der Waals surface area contributed by atoms with Crippen LogP contribution in [0.25, 0.3) is 5.57 Å². The number of carbonyl (C=O) groups is 2. The fourth-order valence-electron chi connectivity index (χ4n) is 3.61. The summed E-state index contributed by atoms with van der Waals surface area (Å²) in [6.45, 7) is 0.0792. The zero-order valence-corrected chi connectivity index (χ0v) is 18.3. The highest BCUT2D eigenvalue weighted by molar-refractivity contribution is 6.36. The number of para-hydroxylation sites is 3. The summed E-state index contributed by atoms with van der Waals surface area (Å²) >= 11 is 6.03. The summed E-state index contributed by atoms with van der Waals surface area (Å²) < 4.78 is 10.8. The minimum Gasteiger partial charge on any atom is -0.496 e. The lowest BCUT2D eigenvalue weighted by atomic mass is 10.0. The smallest absolute Gasteiger partial charge is 0.278 e. The van der Waals surface area contributed by atoms with Gasteiger partial charge in [0.25, 0.3) is 11.8 Å². The second-order valence-electron chi connectivity index (χ2n) is 7.09. The molecule has 0 atom stereocenters. The maximum atomic E-state index is 13.5. The summed E-state index contributed by atoms with van der Waals surface area (Å²) in [5.74, 6) is 0.323. The molecule has 4 rings (SSSR count). The lowest BCUT2D eigenvalue weighted by molar-refractivity contribution is -0.137. The normalized spacial score (nSPS) is 13.5. The molecule has 0 saturated carbocycles. The summed E-state index contributed by atoms with van der Waals surface area (Å²) in [6, 6.07) is 21.3. The molecular formula is C25H21ClN2O4. The summed E-state index contributed by atoms with van der Waals surface area (Å²) in [7, 11) is 3.10. The van der Waals surface area contributed by atoms with Gasteiger partial charge in [-0.15, -0.1) is 0 Å². The van der Waals surface area contributed by atoms with Crippen LogP contribution in [0.1, 0.15) is 11.1 Å². The van der Waals surface area contributed by atoms with E-state index in [2.05, 4.69) is 5.32 Å². The molecule has 0 fully saturated rings. The standard InChI is InChI=1S/C25H21ClN2O4/c1-31-20-9-5-3-7-17(20)15-28-24(29)22(16-11-13-18(26)14-12-16)23(25(28)30)27-19-8-4-6-10-21(19)32-2/h3-14,27H,15H2,1-2H3. The first kappa shape index (κ1) is 21.5. The molecule has 32 heavy (non-hydrogen) atoms. The van der Waals surface area contributed by atoms with Crippen LogP contribution in [0.2, 0.25) is 5.02 Å². The van der Waals surface area contributed by atoms with Gasteiger partial charge in [-0.05, 0) is 35.9 Å². The highest BCUT2D eigenvalue weighted by atomic mass is 35.5. The molecule has 3 aromatic carbocycles. The number of imide groups is 1. The van der Waals surface area contributed by atoms with Crippen molar-refractivity contribution in [3.63, 3.8) is 0 Å². The van der Waals surface area contributed by atoms with Crippen LogP contribution in [0.5, 0.6) is 11.5 Å². The van der Waals surface area contributed by atoms with Crippen molar-refractivity contribution < 1.29 is 19.1 Å². The SMILES string of the molecule is COc1ccccc1CN1C(=O)C(Nc2ccccc2OC)=C(c2ccc(Cl)cc2)C1=O. The molecule has 6 nitrogen and oxygen atoms in total. The third-order valence-electron chi connectivity index (χ3n) is 5.19. The number of halogens is 1. The van der Waals surface area contributed by atoms with Gasteiger partial charge in [0.2, 0.25) is 0 Å². The summed E-state index contributed by atoms with van der Waals surface area (Å²) in [6.07, 6.45) is 0. The van der Waals surface area contributed by atoms with Gasteiger partial charge in [0.15, 0.2) is 0 Å². The number of nitrogens with zero attached hydrogens (tertiary/aromatic N) is 1. The molecule has 0 aromatic heterocycles. The van der Waals surface area contributed by atoms with E-state index < -0.39 is 11.8 Å². The molecule has 1 N–H and O–H groups in total. The quantitative estimate of drug-likeness (QED) is 0.528. The zero-order chi connectivity index (χ0) is 22.7. The number of hydrogen-bond donors (Lipinski definition) is 1. The first-order valence-electron chi connectivity index (χ1n) is 9.92. The highest BCUT2D eigenvalue weighted by Crippen LogP contribution is 2.35. The van der Waals surface area contributed by atoms with Gasteiger partial charge in [0.1, 0.15) is 17.2 Å². The molecule has 0 bridgehead atoms. The number of hydrogen-bond acceptors (Lipinski definition) is 5. The highest BCUT2D eigenvalue weighted by Gasteiger charge is 2.39. The van der Waals surface area contributed by atoms with Crippen molar-refractivity contribution in [1.29, 1.82) is 0 Å². The van der Waals surface area contributed by atoms with Crippen molar-refractivity contribution in [3.05, 3.63) is 94.6 Å². The predicted molar refractivity (Wildman–Crippen MR) is 124 cm³/mol. The average molecular weight is 449 g/mol. The first-order chi connectivity index (χ1) is 15.5. The summed E-state index contributed by atoms with van der Waals surface area (Å²) in [5.41, 5.74) is 2.35. The molecule has 0 aliphatic carbocycles. The van der Waals surface area contributed by atoms with Gasteiger partial charge in [-0.2, -0.15) is 0 Å². The van der Waals surface area contributed by atoms with E-state index in [0.29, 0.717) is 27.8 Å². The Balaban J connectivity index is 1.77. The number of ether oxygens (including phenoxy) is 2. The Labute approximate surface area is 191 Å². The van der Waals surface area contributed by atoms with Gasteiger partial charge < -0.3 is 14.8 Å². The third-order valence-corrected chi connectivity index (χ3v) is 5.44. The monoisotopic (exact) mass is 448 g/mol. The number of amides is 2. The molecule has 0 unspecified atom stereocenters. The minimum absolute atomic E-state index is 0.0792. The van der Waals surface area contributed by atoms with Crippen molar-refractivity contribution in [2.45, 2.75) is 6.54 Å². The van der Waals surface area contributed by atoms with Gasteiger partial charge in [0.05, 0.1) is 32.0 Å². The van der Waals surface area contributed by atoms with E-state index in [4.69, 9.17) is 21.1 Å². The van der Waals surface area contributed by atoms with Gasteiger partial charge in [-0.25, -0.2) is 0 Å². The Morgan fingerprint density at radius 3 is 2.12 bits per heavy atom. The van der Waals surface area contributed by atoms with Crippen molar-refractivity contribution in [2.75, 3.05) is 19.5 Å². The Morgan fingerprint density at radius 2 is 1.44 bits per heavy atom. The summed E-state index contributed by atoms with van der Waals surface area (Å²) in [4.78, 5) is 28.1. The van der Waals surface area contributed by atoms with Crippen LogP contribution in [0.4, 0.5) is 5.69 Å². The molecule has 1 heterocycles. The Kier molecular flexibility index (Phi) is 6.14. The number of anilines is 1. The largest absolute Gasteiger partial charge is 0.496 e. The van der Waals surface area contributed by atoms with Gasteiger partial charge >= 0.3 is 0 Å². The van der Waals surface area contributed by atoms with E-state index in [1.54, 1.807) is 56.7 Å². The molecule has 0 spiro atoms. The number of methoxy groups -OCH3 is 2. The third kappa shape index (κ3) is 4.05. The molecule has 2 amide bonds. The molecule has 1 aliphatic heterocycles.